The molecule has 0 aromatic heterocycles. The van der Waals surface area contributed by atoms with Crippen LogP contribution in [0.25, 0.3) is 0 Å². The van der Waals surface area contributed by atoms with Crippen molar-refractivity contribution < 1.29 is 18.5 Å². The largest absolute Gasteiger partial charge is 0.488 e. The number of hydrogen-bond acceptors (Lipinski definition) is 4. The van der Waals surface area contributed by atoms with Crippen molar-refractivity contribution in [2.75, 3.05) is 19.8 Å². The molecule has 0 radical (unpaired) electrons. The van der Waals surface area contributed by atoms with E-state index < -0.39 is 17.1 Å². The molecule has 0 bridgehead atoms. The van der Waals surface area contributed by atoms with Gasteiger partial charge in [-0.2, -0.15) is 0 Å². The third-order valence-electron chi connectivity index (χ3n) is 2.57. The van der Waals surface area contributed by atoms with E-state index in [4.69, 9.17) is 11.6 Å². The lowest BCUT2D eigenvalue weighted by molar-refractivity contribution is 0.425. The second-order valence-electron chi connectivity index (χ2n) is 4.07. The molecule has 18 heavy (non-hydrogen) atoms. The molecule has 0 atom stereocenters. The van der Waals surface area contributed by atoms with Crippen LogP contribution in [0.3, 0.4) is 0 Å². The Balaban J connectivity index is 2.94. The normalized spacial score (nSPS) is 11.9. The van der Waals surface area contributed by atoms with Crippen LogP contribution >= 0.6 is 11.6 Å². The van der Waals surface area contributed by atoms with Crippen LogP contribution in [0, 0.1) is 0 Å². The van der Waals surface area contributed by atoms with Gasteiger partial charge in [-0.1, -0.05) is 17.7 Å². The second-order valence-corrected chi connectivity index (χ2v) is 6.80. The standard InChI is InChI=1S/C10H15BClNO4S/c1-13(2)18(16,17)6-5-8-7-9(12)3-4-10(8)11(14)15/h3-4,7,14-15H,5-6H2,1-2H3. The van der Waals surface area contributed by atoms with Gasteiger partial charge in [-0.05, 0) is 29.6 Å². The van der Waals surface area contributed by atoms with Crippen molar-refractivity contribution in [1.29, 1.82) is 0 Å². The van der Waals surface area contributed by atoms with Gasteiger partial charge in [0, 0.05) is 19.1 Å². The molecule has 0 spiro atoms. The Kier molecular flexibility index (Phi) is 5.18. The molecular formula is C10H15BClNO4S. The van der Waals surface area contributed by atoms with E-state index in [0.717, 1.165) is 4.31 Å². The summed E-state index contributed by atoms with van der Waals surface area (Å²) in [5.74, 6) is -0.111. The number of sulfonamides is 1. The fourth-order valence-corrected chi connectivity index (χ4v) is 2.50. The first-order chi connectivity index (χ1) is 8.24. The maximum absolute atomic E-state index is 11.6. The van der Waals surface area contributed by atoms with Crippen LogP contribution in [0.15, 0.2) is 18.2 Å². The molecule has 0 amide bonds. The predicted octanol–water partition coefficient (Wildman–Crippen LogP) is -0.546. The minimum atomic E-state index is -3.32. The van der Waals surface area contributed by atoms with Crippen molar-refractivity contribution >= 4 is 34.2 Å². The smallest absolute Gasteiger partial charge is 0.423 e. The number of halogens is 1. The van der Waals surface area contributed by atoms with Crippen LogP contribution in [0.5, 0.6) is 0 Å². The van der Waals surface area contributed by atoms with Crippen LogP contribution in [0.2, 0.25) is 5.02 Å². The van der Waals surface area contributed by atoms with Crippen molar-refractivity contribution in [3.63, 3.8) is 0 Å². The minimum Gasteiger partial charge on any atom is -0.423 e. The van der Waals surface area contributed by atoms with Gasteiger partial charge in [0.1, 0.15) is 0 Å². The quantitative estimate of drug-likeness (QED) is 0.714. The van der Waals surface area contributed by atoms with Gasteiger partial charge in [0.05, 0.1) is 5.75 Å². The molecule has 0 fully saturated rings. The zero-order valence-electron chi connectivity index (χ0n) is 10.2. The zero-order valence-corrected chi connectivity index (χ0v) is 11.7. The second kappa shape index (κ2) is 6.03. The Bertz CT molecular complexity index is 519. The van der Waals surface area contributed by atoms with E-state index in [1.54, 1.807) is 6.07 Å². The van der Waals surface area contributed by atoms with Crippen molar-refractivity contribution in [3.05, 3.63) is 28.8 Å². The van der Waals surface area contributed by atoms with Crippen LogP contribution in [-0.4, -0.2) is 49.7 Å². The molecule has 1 rings (SSSR count). The van der Waals surface area contributed by atoms with E-state index in [0.29, 0.717) is 10.6 Å². The summed E-state index contributed by atoms with van der Waals surface area (Å²) in [5, 5.41) is 18.8. The summed E-state index contributed by atoms with van der Waals surface area (Å²) in [4.78, 5) is 0. The van der Waals surface area contributed by atoms with Crippen molar-refractivity contribution in [2.45, 2.75) is 6.42 Å². The molecule has 8 heteroatoms. The lowest BCUT2D eigenvalue weighted by Gasteiger charge is -2.13. The molecule has 1 aromatic carbocycles. The maximum atomic E-state index is 11.6. The zero-order chi connectivity index (χ0) is 13.9. The Labute approximate surface area is 112 Å². The summed E-state index contributed by atoms with van der Waals surface area (Å²) in [7, 11) is -2.06. The Morgan fingerprint density at radius 1 is 1.33 bits per heavy atom. The lowest BCUT2D eigenvalue weighted by Crippen LogP contribution is -2.34. The van der Waals surface area contributed by atoms with E-state index in [2.05, 4.69) is 0 Å². The van der Waals surface area contributed by atoms with Gasteiger partial charge in [0.25, 0.3) is 0 Å². The monoisotopic (exact) mass is 291 g/mol. The third-order valence-corrected chi connectivity index (χ3v) is 4.64. The van der Waals surface area contributed by atoms with E-state index >= 15 is 0 Å². The Hall–Kier alpha value is -0.595. The Morgan fingerprint density at radius 3 is 2.44 bits per heavy atom. The molecule has 2 N–H and O–H groups in total. The first-order valence-corrected chi connectivity index (χ1v) is 7.27. The molecule has 0 saturated heterocycles. The molecule has 100 valence electrons. The van der Waals surface area contributed by atoms with E-state index in [1.807, 2.05) is 0 Å². The number of rotatable bonds is 5. The average molecular weight is 292 g/mol. The fraction of sp³-hybridized carbons (Fsp3) is 0.400. The fourth-order valence-electron chi connectivity index (χ4n) is 1.46. The van der Waals surface area contributed by atoms with E-state index in [1.165, 1.54) is 26.2 Å². The van der Waals surface area contributed by atoms with Gasteiger partial charge in [0.2, 0.25) is 10.0 Å². The average Bonchev–Trinajstić information content (AvgIpc) is 2.26. The SMILES string of the molecule is CN(C)S(=O)(=O)CCc1cc(Cl)ccc1B(O)O. The van der Waals surface area contributed by atoms with E-state index in [-0.39, 0.29) is 17.6 Å². The Morgan fingerprint density at radius 2 is 1.94 bits per heavy atom. The maximum Gasteiger partial charge on any atom is 0.488 e. The molecule has 0 aliphatic heterocycles. The molecule has 1 aromatic rings. The number of benzene rings is 1. The van der Waals surface area contributed by atoms with Crippen molar-refractivity contribution in [2.24, 2.45) is 0 Å². The van der Waals surface area contributed by atoms with Crippen LogP contribution in [0.4, 0.5) is 0 Å². The molecule has 0 aliphatic rings. The summed E-state index contributed by atoms with van der Waals surface area (Å²) in [6.07, 6.45) is 0.175. The predicted molar refractivity (Wildman–Crippen MR) is 72.5 cm³/mol. The summed E-state index contributed by atoms with van der Waals surface area (Å²) in [5.41, 5.74) is 0.788. The molecular weight excluding hydrogens is 276 g/mol. The van der Waals surface area contributed by atoms with Gasteiger partial charge >= 0.3 is 7.12 Å². The summed E-state index contributed by atoms with van der Waals surface area (Å²) in [6.45, 7) is 0. The lowest BCUT2D eigenvalue weighted by atomic mass is 9.76. The first-order valence-electron chi connectivity index (χ1n) is 5.28. The van der Waals surface area contributed by atoms with Crippen LogP contribution < -0.4 is 5.46 Å². The van der Waals surface area contributed by atoms with Crippen molar-refractivity contribution in [3.8, 4) is 0 Å². The number of nitrogens with zero attached hydrogens (tertiary/aromatic N) is 1. The van der Waals surface area contributed by atoms with Gasteiger partial charge < -0.3 is 10.0 Å². The highest BCUT2D eigenvalue weighted by atomic mass is 35.5. The van der Waals surface area contributed by atoms with Gasteiger partial charge in [0.15, 0.2) is 0 Å². The number of aryl methyl sites for hydroxylation is 1. The molecule has 0 unspecified atom stereocenters. The molecule has 0 heterocycles. The summed E-state index contributed by atoms with van der Waals surface area (Å²) < 4.78 is 24.4. The number of hydrogen-bond donors (Lipinski definition) is 2. The van der Waals surface area contributed by atoms with Gasteiger partial charge in [-0.3, -0.25) is 0 Å². The highest BCUT2D eigenvalue weighted by Crippen LogP contribution is 2.11. The third kappa shape index (κ3) is 3.96. The van der Waals surface area contributed by atoms with Crippen LogP contribution in [0.1, 0.15) is 5.56 Å². The van der Waals surface area contributed by atoms with Gasteiger partial charge in [-0.25, -0.2) is 12.7 Å². The highest BCUT2D eigenvalue weighted by Gasteiger charge is 2.19. The molecule has 0 saturated carbocycles. The summed E-state index contributed by atoms with van der Waals surface area (Å²) in [6, 6.07) is 4.55. The minimum absolute atomic E-state index is 0.111. The molecule has 5 nitrogen and oxygen atoms in total. The van der Waals surface area contributed by atoms with Gasteiger partial charge in [-0.15, -0.1) is 0 Å². The summed E-state index contributed by atoms with van der Waals surface area (Å²) >= 11 is 5.81. The topological polar surface area (TPSA) is 77.8 Å². The van der Waals surface area contributed by atoms with Crippen molar-refractivity contribution in [1.82, 2.24) is 4.31 Å². The molecule has 0 aliphatic carbocycles. The van der Waals surface area contributed by atoms with Crippen LogP contribution in [-0.2, 0) is 16.4 Å². The first kappa shape index (κ1) is 15.5. The van der Waals surface area contributed by atoms with E-state index in [9.17, 15) is 18.5 Å². The highest BCUT2D eigenvalue weighted by molar-refractivity contribution is 7.89.